The molecule has 2 rings (SSSR count). The Hall–Kier alpha value is -1.25. The summed E-state index contributed by atoms with van der Waals surface area (Å²) in [6.45, 7) is 0. The van der Waals surface area contributed by atoms with Crippen molar-refractivity contribution in [3.63, 3.8) is 0 Å². The number of nitro groups is 1. The number of carbonyl (C=O) groups is 1. The predicted octanol–water partition coefficient (Wildman–Crippen LogP) is 2.09. The van der Waals surface area contributed by atoms with Gasteiger partial charge >= 0.3 is 51.4 Å². The van der Waals surface area contributed by atoms with Crippen molar-refractivity contribution in [1.29, 1.82) is 0 Å². The summed E-state index contributed by atoms with van der Waals surface area (Å²) in [6, 6.07) is 10.1. The van der Waals surface area contributed by atoms with E-state index in [0.717, 1.165) is 0 Å². The Balaban J connectivity index is 0.00000242. The molecule has 2 aromatic rings. The van der Waals surface area contributed by atoms with Crippen molar-refractivity contribution in [2.75, 3.05) is 7.11 Å². The number of hydrogen-bond acceptors (Lipinski definition) is 5. The molecule has 0 unspecified atom stereocenters. The van der Waals surface area contributed by atoms with E-state index in [0.29, 0.717) is 11.3 Å². The van der Waals surface area contributed by atoms with E-state index in [-0.39, 0.29) is 80.6 Å². The van der Waals surface area contributed by atoms with Crippen molar-refractivity contribution < 1.29 is 19.6 Å². The fourth-order valence-corrected chi connectivity index (χ4v) is 1.88. The number of benzene rings is 2. The molecule has 0 atom stereocenters. The molecular weight excluding hydrogens is 313 g/mol. The van der Waals surface area contributed by atoms with Crippen LogP contribution in [0.2, 0.25) is 0 Å². The molecule has 0 radical (unpaired) electrons. The summed E-state index contributed by atoms with van der Waals surface area (Å²) in [5, 5.41) is 20.4. The molecule has 6 nitrogen and oxygen atoms in total. The minimum atomic E-state index is -0.569. The number of nitro benzene ring substituents is 1. The average Bonchev–Trinajstić information content (AvgIpc) is 2.49. The van der Waals surface area contributed by atoms with Gasteiger partial charge < -0.3 is 9.84 Å². The Morgan fingerprint density at radius 1 is 1.23 bits per heavy atom. The SMILES string of the molecule is COc1ccc(C(=O)Cc2cc([N+](=O)[O-])ccc2O)cc1.[KH]. The number of methoxy groups -OCH3 is 1. The van der Waals surface area contributed by atoms with Gasteiger partial charge in [0.25, 0.3) is 5.69 Å². The number of hydrogen-bond donors (Lipinski definition) is 1. The summed E-state index contributed by atoms with van der Waals surface area (Å²) >= 11 is 0. The number of nitrogens with zero attached hydrogens (tertiary/aromatic N) is 1. The topological polar surface area (TPSA) is 89.7 Å². The van der Waals surface area contributed by atoms with Crippen molar-refractivity contribution >= 4 is 62.9 Å². The van der Waals surface area contributed by atoms with Crippen LogP contribution in [-0.2, 0) is 6.42 Å². The van der Waals surface area contributed by atoms with E-state index in [1.54, 1.807) is 24.3 Å². The van der Waals surface area contributed by atoms with Gasteiger partial charge in [0.05, 0.1) is 12.0 Å². The van der Waals surface area contributed by atoms with E-state index >= 15 is 0 Å². The zero-order chi connectivity index (χ0) is 15.4. The fourth-order valence-electron chi connectivity index (χ4n) is 1.88. The predicted molar refractivity (Wildman–Crippen MR) is 82.9 cm³/mol. The van der Waals surface area contributed by atoms with Gasteiger partial charge in [0.2, 0.25) is 0 Å². The first kappa shape index (κ1) is 18.8. The molecule has 0 bridgehead atoms. The summed E-state index contributed by atoms with van der Waals surface area (Å²) < 4.78 is 5.00. The second-order valence-electron chi connectivity index (χ2n) is 4.40. The van der Waals surface area contributed by atoms with Crippen LogP contribution < -0.4 is 4.74 Å². The van der Waals surface area contributed by atoms with Gasteiger partial charge in [-0.3, -0.25) is 14.9 Å². The Bertz CT molecular complexity index is 685. The van der Waals surface area contributed by atoms with E-state index in [9.17, 15) is 20.0 Å². The Labute approximate surface area is 169 Å². The second kappa shape index (κ2) is 8.40. The van der Waals surface area contributed by atoms with E-state index in [2.05, 4.69) is 0 Å². The molecule has 22 heavy (non-hydrogen) atoms. The third-order valence-corrected chi connectivity index (χ3v) is 3.04. The fraction of sp³-hybridized carbons (Fsp3) is 0.133. The summed E-state index contributed by atoms with van der Waals surface area (Å²) in [5.74, 6) is 0.251. The van der Waals surface area contributed by atoms with Crippen molar-refractivity contribution in [2.24, 2.45) is 0 Å². The van der Waals surface area contributed by atoms with Crippen molar-refractivity contribution in [3.05, 3.63) is 63.7 Å². The molecule has 0 spiro atoms. The first-order valence-corrected chi connectivity index (χ1v) is 6.15. The van der Waals surface area contributed by atoms with Gasteiger partial charge in [-0.25, -0.2) is 0 Å². The van der Waals surface area contributed by atoms with Crippen molar-refractivity contribution in [3.8, 4) is 11.5 Å². The second-order valence-corrected chi connectivity index (χ2v) is 4.40. The Morgan fingerprint density at radius 3 is 2.41 bits per heavy atom. The van der Waals surface area contributed by atoms with Gasteiger partial charge in [0.1, 0.15) is 11.5 Å². The molecule has 0 saturated carbocycles. The molecule has 0 heterocycles. The van der Waals surface area contributed by atoms with Gasteiger partial charge in [-0.05, 0) is 30.3 Å². The molecule has 0 amide bonds. The summed E-state index contributed by atoms with van der Waals surface area (Å²) in [5.41, 5.74) is 0.511. The average molecular weight is 327 g/mol. The van der Waals surface area contributed by atoms with Crippen molar-refractivity contribution in [2.45, 2.75) is 6.42 Å². The van der Waals surface area contributed by atoms with Crippen LogP contribution in [0.5, 0.6) is 11.5 Å². The van der Waals surface area contributed by atoms with Crippen molar-refractivity contribution in [1.82, 2.24) is 0 Å². The van der Waals surface area contributed by atoms with Gasteiger partial charge in [-0.15, -0.1) is 0 Å². The standard InChI is InChI=1S/C15H13NO5.K.H/c1-21-13-5-2-10(3-6-13)15(18)9-11-8-12(16(19)20)4-7-14(11)17;;/h2-8,17H,9H2,1H3;;. The molecule has 7 heteroatoms. The first-order chi connectivity index (χ1) is 10.0. The number of phenolic OH excluding ortho intramolecular Hbond substituents is 1. The van der Waals surface area contributed by atoms with E-state index in [1.807, 2.05) is 0 Å². The van der Waals surface area contributed by atoms with Crippen LogP contribution >= 0.6 is 0 Å². The number of phenols is 1. The summed E-state index contributed by atoms with van der Waals surface area (Å²) in [7, 11) is 1.53. The van der Waals surface area contributed by atoms with Gasteiger partial charge in [-0.1, -0.05) is 0 Å². The Kier molecular flexibility index (Phi) is 7.17. The van der Waals surface area contributed by atoms with Crippen LogP contribution in [0.15, 0.2) is 42.5 Å². The number of rotatable bonds is 5. The molecule has 0 aliphatic rings. The van der Waals surface area contributed by atoms with Crippen LogP contribution in [0.3, 0.4) is 0 Å². The van der Waals surface area contributed by atoms with E-state index < -0.39 is 4.92 Å². The van der Waals surface area contributed by atoms with Crippen LogP contribution in [0.1, 0.15) is 15.9 Å². The molecule has 1 N–H and O–H groups in total. The molecule has 0 aliphatic carbocycles. The maximum absolute atomic E-state index is 12.1. The molecule has 0 fully saturated rings. The van der Waals surface area contributed by atoms with Crippen LogP contribution in [-0.4, -0.2) is 74.3 Å². The maximum atomic E-state index is 12.1. The zero-order valence-corrected chi connectivity index (χ0v) is 11.3. The molecular formula is C15H14KNO5. The first-order valence-electron chi connectivity index (χ1n) is 6.15. The van der Waals surface area contributed by atoms with Crippen LogP contribution in [0.25, 0.3) is 0 Å². The van der Waals surface area contributed by atoms with E-state index in [1.165, 1.54) is 25.3 Å². The molecule has 0 aromatic heterocycles. The normalized spacial score (nSPS) is 9.68. The number of ketones is 1. The molecule has 110 valence electrons. The number of carbonyl (C=O) groups excluding carboxylic acids is 1. The van der Waals surface area contributed by atoms with Gasteiger partial charge in [-0.2, -0.15) is 0 Å². The summed E-state index contributed by atoms with van der Waals surface area (Å²) in [6.07, 6.45) is -0.111. The molecule has 2 aromatic carbocycles. The Morgan fingerprint density at radius 2 is 1.86 bits per heavy atom. The quantitative estimate of drug-likeness (QED) is 0.393. The molecule has 0 aliphatic heterocycles. The van der Waals surface area contributed by atoms with Crippen LogP contribution in [0.4, 0.5) is 5.69 Å². The number of aromatic hydroxyl groups is 1. The third kappa shape index (κ3) is 4.62. The van der Waals surface area contributed by atoms with Crippen LogP contribution in [0, 0.1) is 10.1 Å². The minimum absolute atomic E-state index is 0. The van der Waals surface area contributed by atoms with E-state index in [4.69, 9.17) is 4.74 Å². The monoisotopic (exact) mass is 327 g/mol. The number of ether oxygens (including phenoxy) is 1. The number of non-ortho nitro benzene ring substituents is 1. The number of Topliss-reactive ketones (excluding diaryl/α,β-unsaturated/α-hetero) is 1. The molecule has 0 saturated heterocycles. The van der Waals surface area contributed by atoms with Gasteiger partial charge in [0.15, 0.2) is 5.78 Å². The van der Waals surface area contributed by atoms with Gasteiger partial charge in [0, 0.05) is 29.7 Å². The zero-order valence-electron chi connectivity index (χ0n) is 11.3. The third-order valence-electron chi connectivity index (χ3n) is 3.04. The summed E-state index contributed by atoms with van der Waals surface area (Å²) in [4.78, 5) is 22.3.